The lowest BCUT2D eigenvalue weighted by Crippen LogP contribution is -2.32. The Bertz CT molecular complexity index is 865. The average Bonchev–Trinajstić information content (AvgIpc) is 3.04. The zero-order chi connectivity index (χ0) is 19.6. The van der Waals surface area contributed by atoms with Gasteiger partial charge in [-0.05, 0) is 56.2 Å². The molecule has 2 N–H and O–H groups in total. The van der Waals surface area contributed by atoms with Gasteiger partial charge in [0.15, 0.2) is 0 Å². The molecular weight excluding hydrogens is 352 g/mol. The predicted octanol–water partition coefficient (Wildman–Crippen LogP) is 3.84. The summed E-state index contributed by atoms with van der Waals surface area (Å²) in [6.45, 7) is 4.20. The summed E-state index contributed by atoms with van der Waals surface area (Å²) in [4.78, 5) is 25.9. The third-order valence-corrected chi connectivity index (χ3v) is 4.55. The SMILES string of the molecule is Cc1cc(N[C@H](C)C(=O)Nc2c(F)cccc2F)ccc1N1CCCC1=O. The minimum absolute atomic E-state index is 0.110. The number of carbonyl (C=O) groups is 2. The first-order chi connectivity index (χ1) is 12.9. The van der Waals surface area contributed by atoms with Crippen LogP contribution < -0.4 is 15.5 Å². The lowest BCUT2D eigenvalue weighted by atomic mass is 10.1. The molecule has 3 rings (SSSR count). The minimum Gasteiger partial charge on any atom is -0.374 e. The van der Waals surface area contributed by atoms with E-state index in [0.717, 1.165) is 29.8 Å². The summed E-state index contributed by atoms with van der Waals surface area (Å²) in [6, 6.07) is 8.13. The molecule has 1 heterocycles. The van der Waals surface area contributed by atoms with E-state index >= 15 is 0 Å². The molecule has 7 heteroatoms. The highest BCUT2D eigenvalue weighted by atomic mass is 19.1. The highest BCUT2D eigenvalue weighted by Crippen LogP contribution is 2.28. The van der Waals surface area contributed by atoms with Crippen LogP contribution >= 0.6 is 0 Å². The number of benzene rings is 2. The van der Waals surface area contributed by atoms with Gasteiger partial charge in [0, 0.05) is 24.3 Å². The minimum atomic E-state index is -0.828. The number of aryl methyl sites for hydroxylation is 1. The molecule has 142 valence electrons. The standard InChI is InChI=1S/C20H21F2N3O2/c1-12-11-14(8-9-17(12)25-10-4-7-18(25)26)23-13(2)20(27)24-19-15(21)5-3-6-16(19)22/h3,5-6,8-9,11,13,23H,4,7,10H2,1-2H3,(H,24,27)/t13-/m1/s1. The van der Waals surface area contributed by atoms with E-state index in [-0.39, 0.29) is 5.91 Å². The molecule has 2 amide bonds. The van der Waals surface area contributed by atoms with Crippen molar-refractivity contribution in [2.24, 2.45) is 0 Å². The number of nitrogens with zero attached hydrogens (tertiary/aromatic N) is 1. The van der Waals surface area contributed by atoms with E-state index in [9.17, 15) is 18.4 Å². The number of hydrogen-bond donors (Lipinski definition) is 2. The Morgan fingerprint density at radius 3 is 2.48 bits per heavy atom. The quantitative estimate of drug-likeness (QED) is 0.837. The maximum atomic E-state index is 13.7. The normalized spacial score (nSPS) is 15.0. The molecule has 27 heavy (non-hydrogen) atoms. The first-order valence-corrected chi connectivity index (χ1v) is 8.79. The third-order valence-electron chi connectivity index (χ3n) is 4.55. The zero-order valence-corrected chi connectivity index (χ0v) is 15.2. The fourth-order valence-corrected chi connectivity index (χ4v) is 3.12. The number of halogens is 2. The fourth-order valence-electron chi connectivity index (χ4n) is 3.12. The van der Waals surface area contributed by atoms with E-state index in [1.807, 2.05) is 19.1 Å². The van der Waals surface area contributed by atoms with Crippen LogP contribution in [0.3, 0.4) is 0 Å². The number of hydrogen-bond acceptors (Lipinski definition) is 3. The molecule has 2 aromatic rings. The molecule has 0 aliphatic carbocycles. The fraction of sp³-hybridized carbons (Fsp3) is 0.300. The molecule has 1 saturated heterocycles. The Hall–Kier alpha value is -2.96. The maximum Gasteiger partial charge on any atom is 0.246 e. The third kappa shape index (κ3) is 4.07. The lowest BCUT2D eigenvalue weighted by molar-refractivity contribution is -0.117. The molecule has 1 aliphatic heterocycles. The number of amides is 2. The molecule has 0 bridgehead atoms. The van der Waals surface area contributed by atoms with Crippen LogP contribution in [0.4, 0.5) is 25.8 Å². The number of para-hydroxylation sites is 1. The monoisotopic (exact) mass is 373 g/mol. The lowest BCUT2D eigenvalue weighted by Gasteiger charge is -2.20. The van der Waals surface area contributed by atoms with Crippen molar-refractivity contribution in [2.45, 2.75) is 32.7 Å². The van der Waals surface area contributed by atoms with Crippen LogP contribution in [0.25, 0.3) is 0 Å². The zero-order valence-electron chi connectivity index (χ0n) is 15.2. The predicted molar refractivity (Wildman–Crippen MR) is 101 cm³/mol. The molecule has 5 nitrogen and oxygen atoms in total. The second-order valence-corrected chi connectivity index (χ2v) is 6.60. The van der Waals surface area contributed by atoms with E-state index in [4.69, 9.17) is 0 Å². The average molecular weight is 373 g/mol. The smallest absolute Gasteiger partial charge is 0.246 e. The van der Waals surface area contributed by atoms with E-state index in [1.54, 1.807) is 17.9 Å². The van der Waals surface area contributed by atoms with Crippen molar-refractivity contribution in [3.8, 4) is 0 Å². The van der Waals surface area contributed by atoms with Crippen molar-refractivity contribution < 1.29 is 18.4 Å². The van der Waals surface area contributed by atoms with E-state index in [0.29, 0.717) is 18.7 Å². The molecule has 1 aliphatic rings. The summed E-state index contributed by atoms with van der Waals surface area (Å²) in [7, 11) is 0. The summed E-state index contributed by atoms with van der Waals surface area (Å²) in [6.07, 6.45) is 1.41. The van der Waals surface area contributed by atoms with E-state index in [2.05, 4.69) is 10.6 Å². The van der Waals surface area contributed by atoms with Crippen LogP contribution in [0.5, 0.6) is 0 Å². The van der Waals surface area contributed by atoms with Gasteiger partial charge >= 0.3 is 0 Å². The van der Waals surface area contributed by atoms with E-state index < -0.39 is 29.3 Å². The van der Waals surface area contributed by atoms with Crippen molar-refractivity contribution in [3.63, 3.8) is 0 Å². The number of nitrogens with one attached hydrogen (secondary N) is 2. The van der Waals surface area contributed by atoms with Gasteiger partial charge in [0.2, 0.25) is 11.8 Å². The Morgan fingerprint density at radius 2 is 1.89 bits per heavy atom. The number of rotatable bonds is 5. The van der Waals surface area contributed by atoms with Crippen LogP contribution in [0.2, 0.25) is 0 Å². The first kappa shape index (κ1) is 18.8. The summed E-state index contributed by atoms with van der Waals surface area (Å²) in [5, 5.41) is 5.28. The second-order valence-electron chi connectivity index (χ2n) is 6.60. The Kier molecular flexibility index (Phi) is 5.39. The highest BCUT2D eigenvalue weighted by Gasteiger charge is 2.23. The van der Waals surface area contributed by atoms with Gasteiger partial charge < -0.3 is 15.5 Å². The van der Waals surface area contributed by atoms with Crippen LogP contribution in [0, 0.1) is 18.6 Å². The molecule has 0 spiro atoms. The second kappa shape index (κ2) is 7.73. The van der Waals surface area contributed by atoms with Crippen molar-refractivity contribution in [2.75, 3.05) is 22.1 Å². The van der Waals surface area contributed by atoms with Gasteiger partial charge in [-0.2, -0.15) is 0 Å². The van der Waals surface area contributed by atoms with Gasteiger partial charge in [0.05, 0.1) is 0 Å². The summed E-state index contributed by atoms with van der Waals surface area (Å²) in [5.74, 6) is -2.11. The van der Waals surface area contributed by atoms with Crippen molar-refractivity contribution in [1.29, 1.82) is 0 Å². The Morgan fingerprint density at radius 1 is 1.19 bits per heavy atom. The molecule has 1 atom stereocenters. The Labute approximate surface area is 156 Å². The summed E-state index contributed by atoms with van der Waals surface area (Å²) in [5.41, 5.74) is 1.98. The maximum absolute atomic E-state index is 13.7. The molecular formula is C20H21F2N3O2. The Balaban J connectivity index is 1.68. The van der Waals surface area contributed by atoms with Crippen molar-refractivity contribution >= 4 is 28.9 Å². The van der Waals surface area contributed by atoms with Gasteiger partial charge in [0.25, 0.3) is 0 Å². The number of anilines is 3. The van der Waals surface area contributed by atoms with Gasteiger partial charge in [-0.25, -0.2) is 8.78 Å². The van der Waals surface area contributed by atoms with Gasteiger partial charge in [-0.3, -0.25) is 9.59 Å². The highest BCUT2D eigenvalue weighted by molar-refractivity contribution is 5.97. The summed E-state index contributed by atoms with van der Waals surface area (Å²) < 4.78 is 27.3. The van der Waals surface area contributed by atoms with Crippen LogP contribution in [-0.2, 0) is 9.59 Å². The molecule has 0 unspecified atom stereocenters. The van der Waals surface area contributed by atoms with Crippen LogP contribution in [0.1, 0.15) is 25.3 Å². The first-order valence-electron chi connectivity index (χ1n) is 8.79. The van der Waals surface area contributed by atoms with Crippen LogP contribution in [-0.4, -0.2) is 24.4 Å². The molecule has 0 saturated carbocycles. The molecule has 0 aromatic heterocycles. The summed E-state index contributed by atoms with van der Waals surface area (Å²) >= 11 is 0. The number of carbonyl (C=O) groups excluding carboxylic acids is 2. The van der Waals surface area contributed by atoms with Gasteiger partial charge in [-0.1, -0.05) is 6.07 Å². The molecule has 1 fully saturated rings. The van der Waals surface area contributed by atoms with Crippen LogP contribution in [0.15, 0.2) is 36.4 Å². The molecule has 0 radical (unpaired) electrons. The van der Waals surface area contributed by atoms with E-state index in [1.165, 1.54) is 6.07 Å². The largest absolute Gasteiger partial charge is 0.374 e. The van der Waals surface area contributed by atoms with Crippen molar-refractivity contribution in [3.05, 3.63) is 53.6 Å². The van der Waals surface area contributed by atoms with Gasteiger partial charge in [0.1, 0.15) is 23.4 Å². The van der Waals surface area contributed by atoms with Crippen molar-refractivity contribution in [1.82, 2.24) is 0 Å². The topological polar surface area (TPSA) is 61.4 Å². The van der Waals surface area contributed by atoms with Gasteiger partial charge in [-0.15, -0.1) is 0 Å². The molecule has 2 aromatic carbocycles.